The Morgan fingerprint density at radius 2 is 1.91 bits per heavy atom. The van der Waals surface area contributed by atoms with Crippen LogP contribution in [0.3, 0.4) is 0 Å². The summed E-state index contributed by atoms with van der Waals surface area (Å²) in [5, 5.41) is 4.81. The molecule has 0 fully saturated rings. The molecule has 8 heteroatoms. The molecular formula is C24H25NO6S. The Bertz CT molecular complexity index is 1070. The lowest BCUT2D eigenvalue weighted by Crippen LogP contribution is -2.44. The number of methoxy groups -OCH3 is 2. The largest absolute Gasteiger partial charge is 0.493 e. The quantitative estimate of drug-likeness (QED) is 0.529. The Hall–Kier alpha value is -3.13. The fourth-order valence-electron chi connectivity index (χ4n) is 4.58. The molecule has 0 radical (unpaired) electrons. The highest BCUT2D eigenvalue weighted by molar-refractivity contribution is 7.10. The van der Waals surface area contributed by atoms with Crippen molar-refractivity contribution in [2.24, 2.45) is 5.92 Å². The molecule has 0 bridgehead atoms. The van der Waals surface area contributed by atoms with Crippen LogP contribution in [0, 0.1) is 5.92 Å². The Morgan fingerprint density at radius 3 is 2.56 bits per heavy atom. The monoisotopic (exact) mass is 455 g/mol. The molecule has 0 unspecified atom stereocenters. The lowest BCUT2D eigenvalue weighted by molar-refractivity contribution is -0.152. The first-order valence-electron chi connectivity index (χ1n) is 10.5. The van der Waals surface area contributed by atoms with Crippen molar-refractivity contribution in [2.75, 3.05) is 20.8 Å². The molecule has 0 spiro atoms. The molecule has 1 aliphatic heterocycles. The zero-order valence-electron chi connectivity index (χ0n) is 18.2. The second-order valence-corrected chi connectivity index (χ2v) is 8.71. The first-order chi connectivity index (χ1) is 15.5. The van der Waals surface area contributed by atoms with Gasteiger partial charge < -0.3 is 19.5 Å². The van der Waals surface area contributed by atoms with Crippen molar-refractivity contribution in [3.63, 3.8) is 0 Å². The summed E-state index contributed by atoms with van der Waals surface area (Å²) in [7, 11) is 3.08. The van der Waals surface area contributed by atoms with E-state index in [-0.39, 0.29) is 30.6 Å². The van der Waals surface area contributed by atoms with Gasteiger partial charge in [-0.1, -0.05) is 12.1 Å². The van der Waals surface area contributed by atoms with E-state index in [1.54, 1.807) is 26.2 Å². The van der Waals surface area contributed by atoms with Crippen molar-refractivity contribution in [3.05, 3.63) is 57.4 Å². The number of hydrogen-bond donors (Lipinski definition) is 1. The number of thiophene rings is 1. The molecule has 2 aromatic rings. The first kappa shape index (κ1) is 22.1. The number of carbonyl (C=O) groups excluding carboxylic acids is 3. The molecule has 4 rings (SSSR count). The van der Waals surface area contributed by atoms with E-state index in [0.29, 0.717) is 29.2 Å². The topological polar surface area (TPSA) is 90.9 Å². The normalized spacial score (nSPS) is 22.8. The smallest absolute Gasteiger partial charge is 0.317 e. The van der Waals surface area contributed by atoms with Gasteiger partial charge in [0.15, 0.2) is 17.3 Å². The SMILES string of the molecule is CCOC(=O)[C@H]1C(=O)C2=C(C[C@@H]1c1cccs1)NC(=O)C[C@H]2c1ccc(OC)c(OC)c1. The first-order valence-corrected chi connectivity index (χ1v) is 11.4. The number of amides is 1. The summed E-state index contributed by atoms with van der Waals surface area (Å²) in [6.45, 7) is 1.92. The molecule has 1 aliphatic carbocycles. The molecule has 0 saturated heterocycles. The number of hydrogen-bond acceptors (Lipinski definition) is 7. The van der Waals surface area contributed by atoms with Gasteiger partial charge in [-0.3, -0.25) is 14.4 Å². The average Bonchev–Trinajstić information content (AvgIpc) is 3.32. The number of carbonyl (C=O) groups is 3. The maximum atomic E-state index is 13.8. The highest BCUT2D eigenvalue weighted by Gasteiger charge is 2.48. The predicted octanol–water partition coefficient (Wildman–Crippen LogP) is 3.56. The fourth-order valence-corrected chi connectivity index (χ4v) is 5.44. The molecule has 1 N–H and O–H groups in total. The molecule has 1 aromatic carbocycles. The van der Waals surface area contributed by atoms with Crippen LogP contribution in [-0.2, 0) is 19.1 Å². The molecule has 1 aromatic heterocycles. The Labute approximate surface area is 190 Å². The molecule has 2 aliphatic rings. The van der Waals surface area contributed by atoms with Gasteiger partial charge in [-0.15, -0.1) is 11.3 Å². The van der Waals surface area contributed by atoms with Gasteiger partial charge in [-0.05, 0) is 42.5 Å². The van der Waals surface area contributed by atoms with Crippen LogP contribution in [0.15, 0.2) is 47.0 Å². The van der Waals surface area contributed by atoms with Gasteiger partial charge in [-0.2, -0.15) is 0 Å². The van der Waals surface area contributed by atoms with Gasteiger partial charge in [0.05, 0.1) is 20.8 Å². The zero-order valence-corrected chi connectivity index (χ0v) is 19.0. The standard InChI is InChI=1S/C24H25NO6S/c1-4-31-24(28)22-15(19-6-5-9-32-19)11-16-21(23(22)27)14(12-20(26)25-16)13-7-8-17(29-2)18(10-13)30-3/h5-10,14-15,22H,4,11-12H2,1-3H3,(H,25,26)/t14-,15+,22+/m0/s1. The van der Waals surface area contributed by atoms with Crippen LogP contribution in [0.5, 0.6) is 11.5 Å². The van der Waals surface area contributed by atoms with Crippen LogP contribution < -0.4 is 14.8 Å². The molecule has 7 nitrogen and oxygen atoms in total. The van der Waals surface area contributed by atoms with Crippen molar-refractivity contribution >= 4 is 29.0 Å². The van der Waals surface area contributed by atoms with Gasteiger partial charge in [0.25, 0.3) is 0 Å². The highest BCUT2D eigenvalue weighted by atomic mass is 32.1. The van der Waals surface area contributed by atoms with Crippen molar-refractivity contribution in [1.82, 2.24) is 5.32 Å². The van der Waals surface area contributed by atoms with Crippen LogP contribution in [0.2, 0.25) is 0 Å². The number of Topliss-reactive ketones (excluding diaryl/α,β-unsaturated/α-hetero) is 1. The number of nitrogens with one attached hydrogen (secondary N) is 1. The number of allylic oxidation sites excluding steroid dienone is 2. The van der Waals surface area contributed by atoms with Crippen LogP contribution in [0.4, 0.5) is 0 Å². The third-order valence-corrected chi connectivity index (χ3v) is 6.99. The van der Waals surface area contributed by atoms with Crippen molar-refractivity contribution in [3.8, 4) is 11.5 Å². The molecule has 3 atom stereocenters. The van der Waals surface area contributed by atoms with Crippen LogP contribution in [-0.4, -0.2) is 38.5 Å². The van der Waals surface area contributed by atoms with E-state index >= 15 is 0 Å². The summed E-state index contributed by atoms with van der Waals surface area (Å²) >= 11 is 1.49. The molecule has 1 amide bonds. The summed E-state index contributed by atoms with van der Waals surface area (Å²) in [4.78, 5) is 40.2. The number of rotatable bonds is 6. The number of benzene rings is 1. The molecular weight excluding hydrogens is 430 g/mol. The molecule has 32 heavy (non-hydrogen) atoms. The van der Waals surface area contributed by atoms with E-state index in [1.807, 2.05) is 23.6 Å². The molecule has 0 saturated carbocycles. The van der Waals surface area contributed by atoms with Gasteiger partial charge in [0.2, 0.25) is 5.91 Å². The summed E-state index contributed by atoms with van der Waals surface area (Å²) < 4.78 is 16.0. The summed E-state index contributed by atoms with van der Waals surface area (Å²) in [5.41, 5.74) is 1.82. The minimum atomic E-state index is -0.940. The zero-order chi connectivity index (χ0) is 22.8. The van der Waals surface area contributed by atoms with Gasteiger partial charge in [0.1, 0.15) is 5.92 Å². The summed E-state index contributed by atoms with van der Waals surface area (Å²) in [5.74, 6) is -1.69. The van der Waals surface area contributed by atoms with Gasteiger partial charge >= 0.3 is 5.97 Å². The van der Waals surface area contributed by atoms with Crippen molar-refractivity contribution in [1.29, 1.82) is 0 Å². The maximum Gasteiger partial charge on any atom is 0.317 e. The Balaban J connectivity index is 1.81. The highest BCUT2D eigenvalue weighted by Crippen LogP contribution is 2.47. The third-order valence-electron chi connectivity index (χ3n) is 5.99. The Kier molecular flexibility index (Phi) is 6.32. The summed E-state index contributed by atoms with van der Waals surface area (Å²) in [6.07, 6.45) is 0.500. The van der Waals surface area contributed by atoms with Crippen LogP contribution in [0.25, 0.3) is 0 Å². The van der Waals surface area contributed by atoms with E-state index in [0.717, 1.165) is 10.4 Å². The number of ether oxygens (including phenoxy) is 3. The molecule has 2 heterocycles. The van der Waals surface area contributed by atoms with Gasteiger partial charge in [-0.25, -0.2) is 0 Å². The minimum Gasteiger partial charge on any atom is -0.493 e. The predicted molar refractivity (Wildman–Crippen MR) is 119 cm³/mol. The van der Waals surface area contributed by atoms with Crippen LogP contribution in [0.1, 0.15) is 42.0 Å². The Morgan fingerprint density at radius 1 is 1.12 bits per heavy atom. The van der Waals surface area contributed by atoms with E-state index < -0.39 is 17.8 Å². The van der Waals surface area contributed by atoms with Crippen LogP contribution >= 0.6 is 11.3 Å². The van der Waals surface area contributed by atoms with E-state index in [2.05, 4.69) is 5.32 Å². The fraction of sp³-hybridized carbons (Fsp3) is 0.375. The van der Waals surface area contributed by atoms with E-state index in [9.17, 15) is 14.4 Å². The van der Waals surface area contributed by atoms with Gasteiger partial charge in [0, 0.05) is 34.4 Å². The van der Waals surface area contributed by atoms with E-state index in [1.165, 1.54) is 18.4 Å². The lowest BCUT2D eigenvalue weighted by Gasteiger charge is -2.37. The van der Waals surface area contributed by atoms with E-state index in [4.69, 9.17) is 14.2 Å². The third kappa shape index (κ3) is 3.90. The maximum absolute atomic E-state index is 13.8. The lowest BCUT2D eigenvalue weighted by atomic mass is 9.69. The van der Waals surface area contributed by atoms with Crippen molar-refractivity contribution in [2.45, 2.75) is 31.6 Å². The van der Waals surface area contributed by atoms with Crippen molar-refractivity contribution < 1.29 is 28.6 Å². The summed E-state index contributed by atoms with van der Waals surface area (Å²) in [6, 6.07) is 9.17. The second-order valence-electron chi connectivity index (χ2n) is 7.73. The number of esters is 1. The minimum absolute atomic E-state index is 0.110. The second kappa shape index (κ2) is 9.16. The molecule has 168 valence electrons. The number of ketones is 1. The average molecular weight is 456 g/mol.